The van der Waals surface area contributed by atoms with Crippen LogP contribution in [-0.2, 0) is 5.41 Å². The topological polar surface area (TPSA) is 26.0 Å². The number of hydrogen-bond acceptors (Lipinski definition) is 3. The summed E-state index contributed by atoms with van der Waals surface area (Å²) in [5.74, 6) is 0. The Morgan fingerprint density at radius 2 is 1.02 bits per heavy atom. The fourth-order valence-electron chi connectivity index (χ4n) is 8.61. The van der Waals surface area contributed by atoms with Crippen molar-refractivity contribution in [1.29, 1.82) is 0 Å². The minimum atomic E-state index is -0.448. The lowest BCUT2D eigenvalue weighted by Crippen LogP contribution is -2.31. The van der Waals surface area contributed by atoms with E-state index in [9.17, 15) is 0 Å². The van der Waals surface area contributed by atoms with Gasteiger partial charge in [0.15, 0.2) is 0 Å². The number of aromatic nitrogens is 1. The van der Waals surface area contributed by atoms with Crippen LogP contribution in [0.1, 0.15) is 22.3 Å². The molecule has 0 saturated carbocycles. The summed E-state index contributed by atoms with van der Waals surface area (Å²) >= 11 is 1.86. The van der Waals surface area contributed by atoms with Crippen LogP contribution in [0.3, 0.4) is 0 Å². The van der Waals surface area contributed by atoms with Gasteiger partial charge in [0.2, 0.25) is 0 Å². The van der Waals surface area contributed by atoms with E-state index in [2.05, 4.69) is 170 Å². The molecule has 0 fully saturated rings. The monoisotopic (exact) mass is 667 g/mol. The van der Waals surface area contributed by atoms with Gasteiger partial charge < -0.3 is 4.42 Å². The molecule has 0 atom stereocenters. The van der Waals surface area contributed by atoms with E-state index in [4.69, 9.17) is 9.40 Å². The van der Waals surface area contributed by atoms with Crippen molar-refractivity contribution < 1.29 is 4.42 Å². The Hall–Kier alpha value is -6.16. The Morgan fingerprint density at radius 3 is 1.76 bits per heavy atom. The van der Waals surface area contributed by atoms with Gasteiger partial charge in [-0.05, 0) is 80.9 Å². The number of pyridine rings is 1. The van der Waals surface area contributed by atoms with Crippen LogP contribution in [0.15, 0.2) is 190 Å². The van der Waals surface area contributed by atoms with Crippen molar-refractivity contribution in [2.75, 3.05) is 0 Å². The molecule has 1 spiro atoms. The molecule has 0 saturated heterocycles. The predicted octanol–water partition coefficient (Wildman–Crippen LogP) is 12.8. The molecular weight excluding hydrogens is 639 g/mol. The number of hydrogen-bond donors (Lipinski definition) is 0. The summed E-state index contributed by atoms with van der Waals surface area (Å²) in [6.45, 7) is 0. The molecule has 0 radical (unpaired) electrons. The van der Waals surface area contributed by atoms with Gasteiger partial charge in [-0.2, -0.15) is 0 Å². The van der Waals surface area contributed by atoms with Crippen molar-refractivity contribution in [3.05, 3.63) is 198 Å². The van der Waals surface area contributed by atoms with E-state index in [-0.39, 0.29) is 0 Å². The Labute approximate surface area is 300 Å². The molecule has 2 aliphatic rings. The van der Waals surface area contributed by atoms with Gasteiger partial charge in [-0.1, -0.05) is 151 Å². The van der Waals surface area contributed by atoms with E-state index in [1.165, 1.54) is 43.2 Å². The fraction of sp³-hybridized carbons (Fsp3) is 0.0208. The standard InChI is InChI=1S/C48H29NOS/c1-3-14-30(15-4-1)32-26-41(31-16-5-2-6-17-31)49-42(27-32)35-20-13-24-43-47(35)36-28-46-40(29-44(36)50-43)48(39-23-11-12-25-45(39)51-46)37-21-9-7-18-33(37)34-19-8-10-22-38(34)48/h1-29H. The molecule has 0 amide bonds. The highest BCUT2D eigenvalue weighted by molar-refractivity contribution is 7.99. The van der Waals surface area contributed by atoms with Crippen LogP contribution >= 0.6 is 11.8 Å². The second-order valence-corrected chi connectivity index (χ2v) is 14.5. The summed E-state index contributed by atoms with van der Waals surface area (Å²) in [7, 11) is 0. The van der Waals surface area contributed by atoms with Gasteiger partial charge in [0.05, 0.1) is 16.8 Å². The second kappa shape index (κ2) is 10.9. The zero-order chi connectivity index (χ0) is 33.5. The molecule has 7 aromatic carbocycles. The minimum Gasteiger partial charge on any atom is -0.456 e. The average Bonchev–Trinajstić information content (AvgIpc) is 3.71. The molecule has 0 bridgehead atoms. The van der Waals surface area contributed by atoms with Crippen molar-refractivity contribution in [2.24, 2.45) is 0 Å². The van der Waals surface area contributed by atoms with Crippen LogP contribution in [0.25, 0.3) is 66.7 Å². The fourth-order valence-corrected chi connectivity index (χ4v) is 9.82. The zero-order valence-corrected chi connectivity index (χ0v) is 28.3. The van der Waals surface area contributed by atoms with Gasteiger partial charge in [-0.3, -0.25) is 0 Å². The number of rotatable bonds is 3. The quantitative estimate of drug-likeness (QED) is 0.188. The summed E-state index contributed by atoms with van der Waals surface area (Å²) in [6.07, 6.45) is 0. The van der Waals surface area contributed by atoms with Crippen LogP contribution in [-0.4, -0.2) is 4.98 Å². The Morgan fingerprint density at radius 1 is 0.412 bits per heavy atom. The summed E-state index contributed by atoms with van der Waals surface area (Å²) in [6, 6.07) is 63.4. The first-order valence-electron chi connectivity index (χ1n) is 17.4. The smallest absolute Gasteiger partial charge is 0.136 e. The molecule has 3 heterocycles. The van der Waals surface area contributed by atoms with Crippen LogP contribution in [0, 0.1) is 0 Å². The van der Waals surface area contributed by atoms with E-state index in [1.54, 1.807) is 0 Å². The van der Waals surface area contributed by atoms with Crippen LogP contribution in [0.2, 0.25) is 0 Å². The third-order valence-electron chi connectivity index (χ3n) is 10.7. The van der Waals surface area contributed by atoms with E-state index >= 15 is 0 Å². The van der Waals surface area contributed by atoms with E-state index in [0.717, 1.165) is 55.6 Å². The number of benzene rings is 7. The number of furan rings is 1. The first-order chi connectivity index (χ1) is 25.3. The van der Waals surface area contributed by atoms with E-state index in [0.29, 0.717) is 0 Å². The molecule has 11 rings (SSSR count). The van der Waals surface area contributed by atoms with Gasteiger partial charge in [-0.15, -0.1) is 0 Å². The molecule has 3 heteroatoms. The van der Waals surface area contributed by atoms with Gasteiger partial charge in [0, 0.05) is 31.7 Å². The van der Waals surface area contributed by atoms with Crippen molar-refractivity contribution in [1.82, 2.24) is 4.98 Å². The SMILES string of the molecule is c1ccc(-c2cc(-c3ccccc3)nc(-c3cccc4oc5cc6c(cc5c34)Sc3ccccc3C63c4ccccc4-c4ccccc43)c2)cc1. The van der Waals surface area contributed by atoms with Crippen molar-refractivity contribution >= 4 is 33.7 Å². The summed E-state index contributed by atoms with van der Waals surface area (Å²) < 4.78 is 6.84. The summed E-state index contributed by atoms with van der Waals surface area (Å²) in [5.41, 5.74) is 15.5. The summed E-state index contributed by atoms with van der Waals surface area (Å²) in [4.78, 5) is 7.85. The number of nitrogens with zero attached hydrogens (tertiary/aromatic N) is 1. The Bertz CT molecular complexity index is 2730. The first kappa shape index (κ1) is 28.7. The molecule has 51 heavy (non-hydrogen) atoms. The lowest BCUT2D eigenvalue weighted by atomic mass is 9.67. The maximum atomic E-state index is 6.84. The maximum absolute atomic E-state index is 6.84. The molecule has 0 unspecified atom stereocenters. The predicted molar refractivity (Wildman–Crippen MR) is 209 cm³/mol. The highest BCUT2D eigenvalue weighted by Gasteiger charge is 2.50. The second-order valence-electron chi connectivity index (χ2n) is 13.4. The van der Waals surface area contributed by atoms with Crippen LogP contribution in [0.4, 0.5) is 0 Å². The van der Waals surface area contributed by atoms with Crippen LogP contribution < -0.4 is 0 Å². The molecule has 0 N–H and O–H groups in total. The Kier molecular flexibility index (Phi) is 6.14. The lowest BCUT2D eigenvalue weighted by molar-refractivity contribution is 0.662. The number of fused-ring (bicyclic) bond motifs is 12. The Balaban J connectivity index is 1.19. The van der Waals surface area contributed by atoms with E-state index < -0.39 is 5.41 Å². The molecule has 238 valence electrons. The minimum absolute atomic E-state index is 0.448. The molecule has 2 nitrogen and oxygen atoms in total. The molecule has 1 aliphatic heterocycles. The first-order valence-corrected chi connectivity index (χ1v) is 18.2. The van der Waals surface area contributed by atoms with Crippen molar-refractivity contribution in [3.8, 4) is 44.8 Å². The van der Waals surface area contributed by atoms with Gasteiger partial charge in [-0.25, -0.2) is 4.98 Å². The molecule has 2 aromatic heterocycles. The molecule has 9 aromatic rings. The van der Waals surface area contributed by atoms with Crippen molar-refractivity contribution in [2.45, 2.75) is 15.2 Å². The third kappa shape index (κ3) is 4.10. The van der Waals surface area contributed by atoms with Crippen LogP contribution in [0.5, 0.6) is 0 Å². The van der Waals surface area contributed by atoms with Crippen molar-refractivity contribution in [3.63, 3.8) is 0 Å². The highest BCUT2D eigenvalue weighted by atomic mass is 32.2. The normalized spacial score (nSPS) is 13.6. The third-order valence-corrected chi connectivity index (χ3v) is 11.9. The highest BCUT2D eigenvalue weighted by Crippen LogP contribution is 2.62. The van der Waals surface area contributed by atoms with Gasteiger partial charge in [0.1, 0.15) is 11.2 Å². The van der Waals surface area contributed by atoms with Gasteiger partial charge >= 0.3 is 0 Å². The molecule has 1 aliphatic carbocycles. The van der Waals surface area contributed by atoms with Gasteiger partial charge in [0.25, 0.3) is 0 Å². The summed E-state index contributed by atoms with van der Waals surface area (Å²) in [5, 5.41) is 2.20. The average molecular weight is 668 g/mol. The zero-order valence-electron chi connectivity index (χ0n) is 27.5. The molecular formula is C48H29NOS. The maximum Gasteiger partial charge on any atom is 0.136 e. The lowest BCUT2D eigenvalue weighted by Gasteiger charge is -2.39. The van der Waals surface area contributed by atoms with E-state index in [1.807, 2.05) is 17.8 Å². The largest absolute Gasteiger partial charge is 0.456 e.